The Bertz CT molecular complexity index is 934. The lowest BCUT2D eigenvalue weighted by Crippen LogP contribution is -2.45. The first kappa shape index (κ1) is 21.7. The Morgan fingerprint density at radius 3 is 2.27 bits per heavy atom. The largest absolute Gasteiger partial charge is 0.489 e. The fourth-order valence-electron chi connectivity index (χ4n) is 3.38. The normalized spacial score (nSPS) is 20.0. The Kier molecular flexibility index (Phi) is 5.83. The van der Waals surface area contributed by atoms with Crippen molar-refractivity contribution >= 4 is 5.82 Å². The summed E-state index contributed by atoms with van der Waals surface area (Å²) in [7, 11) is 0. The summed E-state index contributed by atoms with van der Waals surface area (Å²) in [6.45, 7) is 2.29. The third kappa shape index (κ3) is 4.78. The molecule has 4 nitrogen and oxygen atoms in total. The summed E-state index contributed by atoms with van der Waals surface area (Å²) in [6.07, 6.45) is -7.65. The van der Waals surface area contributed by atoms with E-state index < -0.39 is 23.5 Å². The first-order valence-corrected chi connectivity index (χ1v) is 9.07. The summed E-state index contributed by atoms with van der Waals surface area (Å²) >= 11 is 0. The summed E-state index contributed by atoms with van der Waals surface area (Å²) in [4.78, 5) is 5.75. The number of hydrogen-bond acceptors (Lipinski definition) is 4. The second-order valence-corrected chi connectivity index (χ2v) is 7.03. The SMILES string of the molecule is C[C@H]1C[C@@H](Oc2ccc(C(F)(F)F)cc2C#N)CCN1c1ccc(C(F)(F)F)cn1. The van der Waals surface area contributed by atoms with Gasteiger partial charge in [0, 0.05) is 31.6 Å². The highest BCUT2D eigenvalue weighted by atomic mass is 19.4. The van der Waals surface area contributed by atoms with E-state index in [0.29, 0.717) is 25.2 Å². The molecule has 0 bridgehead atoms. The number of nitrogens with zero attached hydrogens (tertiary/aromatic N) is 3. The lowest BCUT2D eigenvalue weighted by molar-refractivity contribution is -0.138. The zero-order valence-corrected chi connectivity index (χ0v) is 15.8. The van der Waals surface area contributed by atoms with Gasteiger partial charge in [0.2, 0.25) is 0 Å². The smallest absolute Gasteiger partial charge is 0.417 e. The van der Waals surface area contributed by atoms with Crippen LogP contribution in [0.5, 0.6) is 5.75 Å². The number of halogens is 6. The van der Waals surface area contributed by atoms with Crippen molar-refractivity contribution < 1.29 is 31.1 Å². The van der Waals surface area contributed by atoms with Crippen LogP contribution in [0.1, 0.15) is 36.5 Å². The van der Waals surface area contributed by atoms with Gasteiger partial charge in [0.15, 0.2) is 0 Å². The Morgan fingerprint density at radius 1 is 1.07 bits per heavy atom. The van der Waals surface area contributed by atoms with E-state index in [4.69, 9.17) is 10.00 Å². The second kappa shape index (κ2) is 8.05. The molecule has 3 rings (SSSR count). The molecule has 1 saturated heterocycles. The molecule has 1 aromatic heterocycles. The molecule has 1 aliphatic rings. The number of rotatable bonds is 3. The van der Waals surface area contributed by atoms with Crippen molar-refractivity contribution in [3.8, 4) is 11.8 Å². The highest BCUT2D eigenvalue weighted by molar-refractivity contribution is 5.46. The fraction of sp³-hybridized carbons (Fsp3) is 0.400. The van der Waals surface area contributed by atoms with Gasteiger partial charge in [-0.2, -0.15) is 31.6 Å². The maximum absolute atomic E-state index is 12.8. The molecule has 1 aliphatic heterocycles. The molecule has 0 aliphatic carbocycles. The van der Waals surface area contributed by atoms with Crippen molar-refractivity contribution in [3.63, 3.8) is 0 Å². The molecule has 10 heteroatoms. The van der Waals surface area contributed by atoms with Crippen LogP contribution in [0.4, 0.5) is 32.2 Å². The van der Waals surface area contributed by atoms with Crippen molar-refractivity contribution in [2.45, 2.75) is 44.3 Å². The van der Waals surface area contributed by atoms with Gasteiger partial charge in [0.25, 0.3) is 0 Å². The van der Waals surface area contributed by atoms with Gasteiger partial charge in [0.1, 0.15) is 23.7 Å². The number of benzene rings is 1. The van der Waals surface area contributed by atoms with Crippen LogP contribution in [0.15, 0.2) is 36.5 Å². The van der Waals surface area contributed by atoms with Crippen LogP contribution in [-0.2, 0) is 12.4 Å². The molecule has 0 saturated carbocycles. The highest BCUT2D eigenvalue weighted by Gasteiger charge is 2.33. The van der Waals surface area contributed by atoms with E-state index in [1.807, 2.05) is 11.8 Å². The minimum Gasteiger partial charge on any atom is -0.489 e. The third-order valence-corrected chi connectivity index (χ3v) is 4.92. The predicted octanol–water partition coefficient (Wildman–Crippen LogP) is 5.43. The molecule has 1 fully saturated rings. The molecule has 30 heavy (non-hydrogen) atoms. The molecular weight excluding hydrogens is 412 g/mol. The van der Waals surface area contributed by atoms with Crippen LogP contribution in [0.3, 0.4) is 0 Å². The highest BCUT2D eigenvalue weighted by Crippen LogP contribution is 2.34. The van der Waals surface area contributed by atoms with E-state index in [9.17, 15) is 26.3 Å². The van der Waals surface area contributed by atoms with Crippen LogP contribution in [0.2, 0.25) is 0 Å². The lowest BCUT2D eigenvalue weighted by atomic mass is 10.00. The molecule has 160 valence electrons. The number of pyridine rings is 1. The number of ether oxygens (including phenoxy) is 1. The van der Waals surface area contributed by atoms with Crippen LogP contribution >= 0.6 is 0 Å². The standard InChI is InChI=1S/C20H17F6N3O/c1-12-8-16(30-17-4-2-14(19(21,22)23)9-13(17)10-27)6-7-29(12)18-5-3-15(11-28-18)20(24,25)26/h2-5,9,11-12,16H,6-8H2,1H3/t12-,16-/m0/s1. The number of alkyl halides is 6. The van der Waals surface area contributed by atoms with Crippen molar-refractivity contribution in [2.75, 3.05) is 11.4 Å². The minimum absolute atomic E-state index is 0.0730. The first-order chi connectivity index (χ1) is 14.0. The molecule has 0 amide bonds. The Balaban J connectivity index is 1.68. The minimum atomic E-state index is -4.56. The van der Waals surface area contributed by atoms with Crippen LogP contribution < -0.4 is 9.64 Å². The maximum Gasteiger partial charge on any atom is 0.417 e. The average molecular weight is 429 g/mol. The summed E-state index contributed by atoms with van der Waals surface area (Å²) < 4.78 is 82.3. The molecular formula is C20H17F6N3O. The zero-order chi connectivity index (χ0) is 22.1. The number of piperidine rings is 1. The van der Waals surface area contributed by atoms with Crippen molar-refractivity contribution in [1.29, 1.82) is 5.26 Å². The van der Waals surface area contributed by atoms with E-state index in [0.717, 1.165) is 30.5 Å². The van der Waals surface area contributed by atoms with Gasteiger partial charge in [-0.3, -0.25) is 0 Å². The van der Waals surface area contributed by atoms with E-state index in [1.165, 1.54) is 6.07 Å². The zero-order valence-electron chi connectivity index (χ0n) is 15.8. The lowest BCUT2D eigenvalue weighted by Gasteiger charge is -2.38. The van der Waals surface area contributed by atoms with Gasteiger partial charge >= 0.3 is 12.4 Å². The molecule has 2 aromatic rings. The monoisotopic (exact) mass is 429 g/mol. The predicted molar refractivity (Wildman–Crippen MR) is 95.9 cm³/mol. The Hall–Kier alpha value is -2.96. The quantitative estimate of drug-likeness (QED) is 0.611. The molecule has 2 heterocycles. The van der Waals surface area contributed by atoms with E-state index in [2.05, 4.69) is 4.98 Å². The summed E-state index contributed by atoms with van der Waals surface area (Å²) in [5.41, 5.74) is -1.96. The van der Waals surface area contributed by atoms with Crippen molar-refractivity contribution in [1.82, 2.24) is 4.98 Å². The van der Waals surface area contributed by atoms with Gasteiger partial charge in [-0.1, -0.05) is 0 Å². The molecule has 0 unspecified atom stereocenters. The van der Waals surface area contributed by atoms with Gasteiger partial charge in [-0.05, 0) is 37.3 Å². The van der Waals surface area contributed by atoms with Crippen molar-refractivity contribution in [2.24, 2.45) is 0 Å². The Morgan fingerprint density at radius 2 is 1.73 bits per heavy atom. The Labute approximate surface area is 168 Å². The topological polar surface area (TPSA) is 49.1 Å². The van der Waals surface area contributed by atoms with Crippen LogP contribution in [0.25, 0.3) is 0 Å². The molecule has 0 spiro atoms. The van der Waals surface area contributed by atoms with E-state index in [1.54, 1.807) is 6.07 Å². The number of hydrogen-bond donors (Lipinski definition) is 0. The third-order valence-electron chi connectivity index (χ3n) is 4.92. The molecule has 0 radical (unpaired) electrons. The fourth-order valence-corrected chi connectivity index (χ4v) is 3.38. The summed E-state index contributed by atoms with van der Waals surface area (Å²) in [6, 6.07) is 6.62. The van der Waals surface area contributed by atoms with Gasteiger partial charge < -0.3 is 9.64 Å². The van der Waals surface area contributed by atoms with Crippen LogP contribution in [0, 0.1) is 11.3 Å². The van der Waals surface area contributed by atoms with E-state index >= 15 is 0 Å². The average Bonchev–Trinajstić information content (AvgIpc) is 2.67. The maximum atomic E-state index is 12.8. The van der Waals surface area contributed by atoms with Gasteiger partial charge in [-0.25, -0.2) is 4.98 Å². The number of aromatic nitrogens is 1. The molecule has 0 N–H and O–H groups in total. The van der Waals surface area contributed by atoms with Gasteiger partial charge in [-0.15, -0.1) is 0 Å². The molecule has 2 atom stereocenters. The summed E-state index contributed by atoms with van der Waals surface area (Å²) in [5.74, 6) is 0.477. The first-order valence-electron chi connectivity index (χ1n) is 9.07. The molecule has 1 aromatic carbocycles. The van der Waals surface area contributed by atoms with Crippen molar-refractivity contribution in [3.05, 3.63) is 53.2 Å². The number of anilines is 1. The van der Waals surface area contributed by atoms with Crippen LogP contribution in [-0.4, -0.2) is 23.7 Å². The number of nitriles is 1. The second-order valence-electron chi connectivity index (χ2n) is 7.03. The summed E-state index contributed by atoms with van der Waals surface area (Å²) in [5, 5.41) is 9.17. The van der Waals surface area contributed by atoms with E-state index in [-0.39, 0.29) is 23.5 Å². The van der Waals surface area contributed by atoms with Gasteiger partial charge in [0.05, 0.1) is 16.7 Å².